The average Bonchev–Trinajstić information content (AvgIpc) is 2.59. The topological polar surface area (TPSA) is 29.9 Å². The molecule has 0 aliphatic heterocycles. The van der Waals surface area contributed by atoms with Gasteiger partial charge in [-0.1, -0.05) is 0 Å². The summed E-state index contributed by atoms with van der Waals surface area (Å²) in [6.07, 6.45) is 2.08. The van der Waals surface area contributed by atoms with Gasteiger partial charge in [0.1, 0.15) is 5.82 Å². The summed E-state index contributed by atoms with van der Waals surface area (Å²) in [7, 11) is 1.94. The van der Waals surface area contributed by atoms with Crippen molar-refractivity contribution in [2.24, 2.45) is 7.05 Å². The zero-order valence-corrected chi connectivity index (χ0v) is 10.5. The lowest BCUT2D eigenvalue weighted by Gasteiger charge is -2.06. The summed E-state index contributed by atoms with van der Waals surface area (Å²) in [5.41, 5.74) is 2.10. The van der Waals surface area contributed by atoms with Crippen LogP contribution in [0.4, 0.5) is 11.5 Å². The van der Waals surface area contributed by atoms with Gasteiger partial charge in [-0.25, -0.2) is 0 Å². The molecule has 0 spiro atoms. The van der Waals surface area contributed by atoms with Crippen LogP contribution in [0.1, 0.15) is 5.69 Å². The summed E-state index contributed by atoms with van der Waals surface area (Å²) in [4.78, 5) is 1.27. The largest absolute Gasteiger partial charge is 0.340 e. The molecular weight excluding hydrogens is 218 g/mol. The van der Waals surface area contributed by atoms with Gasteiger partial charge in [-0.05, 0) is 37.4 Å². The van der Waals surface area contributed by atoms with Crippen molar-refractivity contribution in [3.63, 3.8) is 0 Å². The van der Waals surface area contributed by atoms with E-state index in [2.05, 4.69) is 40.9 Å². The summed E-state index contributed by atoms with van der Waals surface area (Å²) in [6.45, 7) is 1.99. The first-order chi connectivity index (χ1) is 7.69. The number of nitrogens with zero attached hydrogens (tertiary/aromatic N) is 2. The normalized spacial score (nSPS) is 10.4. The minimum absolute atomic E-state index is 1.01. The number of hydrogen-bond donors (Lipinski definition) is 1. The first-order valence-electron chi connectivity index (χ1n) is 5.11. The first kappa shape index (κ1) is 11.1. The maximum absolute atomic E-state index is 4.29. The first-order valence-corrected chi connectivity index (χ1v) is 6.33. The summed E-state index contributed by atoms with van der Waals surface area (Å²) in [6, 6.07) is 10.4. The Morgan fingerprint density at radius 3 is 2.44 bits per heavy atom. The van der Waals surface area contributed by atoms with Gasteiger partial charge in [0.25, 0.3) is 0 Å². The molecule has 4 heteroatoms. The van der Waals surface area contributed by atoms with E-state index in [4.69, 9.17) is 0 Å². The number of benzene rings is 1. The number of nitrogens with one attached hydrogen (secondary N) is 1. The predicted molar refractivity (Wildman–Crippen MR) is 69.5 cm³/mol. The zero-order valence-electron chi connectivity index (χ0n) is 9.69. The minimum Gasteiger partial charge on any atom is -0.340 e. The number of anilines is 2. The maximum atomic E-state index is 4.29. The fraction of sp³-hybridized carbons (Fsp3) is 0.250. The van der Waals surface area contributed by atoms with E-state index in [-0.39, 0.29) is 0 Å². The molecule has 3 nitrogen and oxygen atoms in total. The molecule has 0 atom stereocenters. The van der Waals surface area contributed by atoms with Crippen LogP contribution in [-0.4, -0.2) is 16.0 Å². The Morgan fingerprint density at radius 2 is 1.94 bits per heavy atom. The van der Waals surface area contributed by atoms with Crippen LogP contribution in [0.3, 0.4) is 0 Å². The van der Waals surface area contributed by atoms with Gasteiger partial charge >= 0.3 is 0 Å². The standard InChI is InChI=1S/C12H15N3S/c1-9-8-12(15(2)14-9)13-10-4-6-11(16-3)7-5-10/h4-8,13H,1-3H3. The lowest BCUT2D eigenvalue weighted by Crippen LogP contribution is -1.98. The fourth-order valence-corrected chi connectivity index (χ4v) is 1.96. The second-order valence-electron chi connectivity index (χ2n) is 3.65. The van der Waals surface area contributed by atoms with E-state index in [9.17, 15) is 0 Å². The number of aromatic nitrogens is 2. The van der Waals surface area contributed by atoms with Crippen LogP contribution in [0, 0.1) is 6.92 Å². The lowest BCUT2D eigenvalue weighted by atomic mass is 10.3. The van der Waals surface area contributed by atoms with Crippen LogP contribution in [0.15, 0.2) is 35.2 Å². The van der Waals surface area contributed by atoms with Gasteiger partial charge in [0.2, 0.25) is 0 Å². The number of rotatable bonds is 3. The van der Waals surface area contributed by atoms with Crippen molar-refractivity contribution >= 4 is 23.3 Å². The summed E-state index contributed by atoms with van der Waals surface area (Å²) in [5.74, 6) is 1.01. The lowest BCUT2D eigenvalue weighted by molar-refractivity contribution is 0.765. The van der Waals surface area contributed by atoms with Crippen molar-refractivity contribution < 1.29 is 0 Å². The van der Waals surface area contributed by atoms with Crippen LogP contribution in [0.25, 0.3) is 0 Å². The molecule has 1 aromatic heterocycles. The Labute approximate surface area is 99.9 Å². The van der Waals surface area contributed by atoms with E-state index in [0.717, 1.165) is 17.2 Å². The third kappa shape index (κ3) is 2.39. The Morgan fingerprint density at radius 1 is 1.25 bits per heavy atom. The van der Waals surface area contributed by atoms with Crippen molar-refractivity contribution in [3.05, 3.63) is 36.0 Å². The third-order valence-corrected chi connectivity index (χ3v) is 3.11. The molecule has 1 N–H and O–H groups in total. The van der Waals surface area contributed by atoms with Crippen molar-refractivity contribution in [1.82, 2.24) is 9.78 Å². The Balaban J connectivity index is 2.17. The van der Waals surface area contributed by atoms with Crippen LogP contribution in [-0.2, 0) is 7.05 Å². The van der Waals surface area contributed by atoms with Gasteiger partial charge in [0.05, 0.1) is 5.69 Å². The van der Waals surface area contributed by atoms with E-state index < -0.39 is 0 Å². The summed E-state index contributed by atoms with van der Waals surface area (Å²) in [5, 5.41) is 7.63. The van der Waals surface area contributed by atoms with Gasteiger partial charge < -0.3 is 5.32 Å². The molecule has 16 heavy (non-hydrogen) atoms. The smallest absolute Gasteiger partial charge is 0.128 e. The van der Waals surface area contributed by atoms with E-state index >= 15 is 0 Å². The van der Waals surface area contributed by atoms with E-state index in [1.165, 1.54) is 4.90 Å². The number of hydrogen-bond acceptors (Lipinski definition) is 3. The highest BCUT2D eigenvalue weighted by Gasteiger charge is 2.01. The molecule has 0 bridgehead atoms. The minimum atomic E-state index is 1.01. The molecular formula is C12H15N3S. The molecule has 1 aromatic carbocycles. The molecule has 0 aliphatic rings. The Hall–Kier alpha value is -1.42. The number of aryl methyl sites for hydroxylation is 2. The van der Waals surface area contributed by atoms with Gasteiger partial charge in [0.15, 0.2) is 0 Å². The summed E-state index contributed by atoms with van der Waals surface area (Å²) >= 11 is 1.75. The fourth-order valence-electron chi connectivity index (χ4n) is 1.55. The number of thioether (sulfide) groups is 1. The molecule has 0 amide bonds. The van der Waals surface area contributed by atoms with Crippen molar-refractivity contribution in [3.8, 4) is 0 Å². The quantitative estimate of drug-likeness (QED) is 0.826. The third-order valence-electron chi connectivity index (χ3n) is 2.36. The predicted octanol–water partition coefficient (Wildman–Crippen LogP) is 3.19. The maximum Gasteiger partial charge on any atom is 0.128 e. The molecule has 0 aliphatic carbocycles. The highest BCUT2D eigenvalue weighted by Crippen LogP contribution is 2.20. The monoisotopic (exact) mass is 233 g/mol. The van der Waals surface area contributed by atoms with Gasteiger partial charge in [-0.3, -0.25) is 4.68 Å². The molecule has 0 unspecified atom stereocenters. The van der Waals surface area contributed by atoms with E-state index in [0.29, 0.717) is 0 Å². The highest BCUT2D eigenvalue weighted by molar-refractivity contribution is 7.98. The molecule has 1 heterocycles. The molecule has 0 saturated carbocycles. The summed E-state index contributed by atoms with van der Waals surface area (Å²) < 4.78 is 1.85. The van der Waals surface area contributed by atoms with Crippen LogP contribution < -0.4 is 5.32 Å². The molecule has 84 valence electrons. The van der Waals surface area contributed by atoms with Crippen molar-refractivity contribution in [2.75, 3.05) is 11.6 Å². The zero-order chi connectivity index (χ0) is 11.5. The van der Waals surface area contributed by atoms with E-state index in [1.807, 2.05) is 24.7 Å². The Bertz CT molecular complexity index is 474. The molecule has 2 aromatic rings. The van der Waals surface area contributed by atoms with Crippen LogP contribution in [0.5, 0.6) is 0 Å². The van der Waals surface area contributed by atoms with Crippen molar-refractivity contribution in [1.29, 1.82) is 0 Å². The highest BCUT2D eigenvalue weighted by atomic mass is 32.2. The average molecular weight is 233 g/mol. The molecule has 0 radical (unpaired) electrons. The van der Waals surface area contributed by atoms with Crippen LogP contribution >= 0.6 is 11.8 Å². The molecule has 0 saturated heterocycles. The van der Waals surface area contributed by atoms with E-state index in [1.54, 1.807) is 11.8 Å². The molecule has 0 fully saturated rings. The van der Waals surface area contributed by atoms with Gasteiger partial charge in [0, 0.05) is 23.7 Å². The van der Waals surface area contributed by atoms with Crippen LogP contribution in [0.2, 0.25) is 0 Å². The van der Waals surface area contributed by atoms with Gasteiger partial charge in [-0.15, -0.1) is 11.8 Å². The second kappa shape index (κ2) is 4.61. The van der Waals surface area contributed by atoms with Crippen molar-refractivity contribution in [2.45, 2.75) is 11.8 Å². The van der Waals surface area contributed by atoms with Gasteiger partial charge in [-0.2, -0.15) is 5.10 Å². The second-order valence-corrected chi connectivity index (χ2v) is 4.53. The Kier molecular flexibility index (Phi) is 3.19. The molecule has 2 rings (SSSR count). The SMILES string of the molecule is CSc1ccc(Nc2cc(C)nn2C)cc1.